The van der Waals surface area contributed by atoms with Crippen molar-refractivity contribution in [2.75, 3.05) is 19.6 Å². The van der Waals surface area contributed by atoms with Crippen molar-refractivity contribution in [3.05, 3.63) is 35.9 Å². The molecular formula is C17H28N2. The average Bonchev–Trinajstić information content (AvgIpc) is 2.39. The summed E-state index contributed by atoms with van der Waals surface area (Å²) in [5, 5.41) is 0. The molecule has 0 spiro atoms. The van der Waals surface area contributed by atoms with Crippen LogP contribution in [0.5, 0.6) is 0 Å². The van der Waals surface area contributed by atoms with E-state index in [2.05, 4.69) is 56.0 Å². The maximum Gasteiger partial charge on any atom is 0.0284 e. The van der Waals surface area contributed by atoms with Gasteiger partial charge in [-0.1, -0.05) is 51.1 Å². The SMILES string of the molecule is CC1CC(C)CN(C(CN)C(C)c2ccccc2)C1. The van der Waals surface area contributed by atoms with Crippen molar-refractivity contribution in [2.45, 2.75) is 39.2 Å². The van der Waals surface area contributed by atoms with Gasteiger partial charge in [0.25, 0.3) is 0 Å². The fourth-order valence-electron chi connectivity index (χ4n) is 3.63. The molecule has 2 nitrogen and oxygen atoms in total. The van der Waals surface area contributed by atoms with Crippen LogP contribution in [0.1, 0.15) is 38.7 Å². The Bertz CT molecular complexity index is 366. The molecule has 2 rings (SSSR count). The highest BCUT2D eigenvalue weighted by atomic mass is 15.2. The van der Waals surface area contributed by atoms with Gasteiger partial charge in [0.05, 0.1) is 0 Å². The van der Waals surface area contributed by atoms with Crippen LogP contribution in [-0.2, 0) is 0 Å². The first-order valence-electron chi connectivity index (χ1n) is 7.60. The zero-order chi connectivity index (χ0) is 13.8. The Morgan fingerprint density at radius 2 is 1.74 bits per heavy atom. The van der Waals surface area contributed by atoms with Crippen molar-refractivity contribution >= 4 is 0 Å². The van der Waals surface area contributed by atoms with Gasteiger partial charge in [0, 0.05) is 25.7 Å². The van der Waals surface area contributed by atoms with E-state index in [1.54, 1.807) is 0 Å². The van der Waals surface area contributed by atoms with Gasteiger partial charge in [0.2, 0.25) is 0 Å². The molecule has 2 N–H and O–H groups in total. The molecule has 1 heterocycles. The zero-order valence-corrected chi connectivity index (χ0v) is 12.5. The minimum absolute atomic E-state index is 0.465. The molecule has 0 aromatic heterocycles. The van der Waals surface area contributed by atoms with Crippen molar-refractivity contribution in [3.8, 4) is 0 Å². The lowest BCUT2D eigenvalue weighted by Crippen LogP contribution is -2.50. The number of piperidine rings is 1. The maximum atomic E-state index is 6.09. The molecule has 1 aromatic carbocycles. The third-order valence-electron chi connectivity index (χ3n) is 4.51. The molecule has 1 aliphatic heterocycles. The highest BCUT2D eigenvalue weighted by molar-refractivity contribution is 5.20. The fraction of sp³-hybridized carbons (Fsp3) is 0.647. The van der Waals surface area contributed by atoms with E-state index < -0.39 is 0 Å². The van der Waals surface area contributed by atoms with Gasteiger partial charge in [-0.25, -0.2) is 0 Å². The van der Waals surface area contributed by atoms with E-state index in [0.29, 0.717) is 12.0 Å². The predicted octanol–water partition coefficient (Wildman–Crippen LogP) is 3.10. The third kappa shape index (κ3) is 3.58. The number of nitrogens with zero attached hydrogens (tertiary/aromatic N) is 1. The summed E-state index contributed by atoms with van der Waals surface area (Å²) in [6.07, 6.45) is 1.35. The van der Waals surface area contributed by atoms with Crippen molar-refractivity contribution in [1.29, 1.82) is 0 Å². The highest BCUT2D eigenvalue weighted by Crippen LogP contribution is 2.28. The number of nitrogens with two attached hydrogens (primary N) is 1. The van der Waals surface area contributed by atoms with E-state index in [1.807, 2.05) is 0 Å². The number of rotatable bonds is 4. The molecule has 0 bridgehead atoms. The topological polar surface area (TPSA) is 29.3 Å². The van der Waals surface area contributed by atoms with Crippen LogP contribution in [0.3, 0.4) is 0 Å². The Kier molecular flexibility index (Phi) is 5.00. The Labute approximate surface area is 118 Å². The van der Waals surface area contributed by atoms with Crippen LogP contribution in [0.2, 0.25) is 0 Å². The van der Waals surface area contributed by atoms with Crippen molar-refractivity contribution in [2.24, 2.45) is 17.6 Å². The van der Waals surface area contributed by atoms with Crippen LogP contribution >= 0.6 is 0 Å². The van der Waals surface area contributed by atoms with Gasteiger partial charge in [-0.15, -0.1) is 0 Å². The first kappa shape index (κ1) is 14.5. The van der Waals surface area contributed by atoms with Crippen LogP contribution in [0.25, 0.3) is 0 Å². The molecule has 1 aromatic rings. The molecule has 0 aliphatic carbocycles. The lowest BCUT2D eigenvalue weighted by atomic mass is 9.86. The van der Waals surface area contributed by atoms with Gasteiger partial charge < -0.3 is 5.73 Å². The monoisotopic (exact) mass is 260 g/mol. The quantitative estimate of drug-likeness (QED) is 0.901. The Morgan fingerprint density at radius 3 is 2.26 bits per heavy atom. The first-order valence-corrected chi connectivity index (χ1v) is 7.60. The van der Waals surface area contributed by atoms with Crippen LogP contribution in [0, 0.1) is 11.8 Å². The highest BCUT2D eigenvalue weighted by Gasteiger charge is 2.30. The molecule has 2 heteroatoms. The molecule has 4 atom stereocenters. The third-order valence-corrected chi connectivity index (χ3v) is 4.51. The van der Waals surface area contributed by atoms with Crippen LogP contribution in [0.4, 0.5) is 0 Å². The second-order valence-corrected chi connectivity index (χ2v) is 6.40. The van der Waals surface area contributed by atoms with E-state index in [9.17, 15) is 0 Å². The second kappa shape index (κ2) is 6.53. The molecule has 1 fully saturated rings. The minimum atomic E-state index is 0.465. The van der Waals surface area contributed by atoms with Gasteiger partial charge in [0.15, 0.2) is 0 Å². The number of hydrogen-bond acceptors (Lipinski definition) is 2. The van der Waals surface area contributed by atoms with Crippen molar-refractivity contribution in [1.82, 2.24) is 4.90 Å². The molecule has 0 saturated carbocycles. The molecule has 0 radical (unpaired) electrons. The predicted molar refractivity (Wildman–Crippen MR) is 82.2 cm³/mol. The number of likely N-dealkylation sites (tertiary alicyclic amines) is 1. The molecular weight excluding hydrogens is 232 g/mol. The summed E-state index contributed by atoms with van der Waals surface area (Å²) in [5.41, 5.74) is 7.50. The average molecular weight is 260 g/mol. The largest absolute Gasteiger partial charge is 0.329 e. The summed E-state index contributed by atoms with van der Waals surface area (Å²) in [4.78, 5) is 2.62. The van der Waals surface area contributed by atoms with Crippen molar-refractivity contribution < 1.29 is 0 Å². The number of hydrogen-bond donors (Lipinski definition) is 1. The van der Waals surface area contributed by atoms with Crippen molar-refractivity contribution in [3.63, 3.8) is 0 Å². The first-order chi connectivity index (χ1) is 9.11. The second-order valence-electron chi connectivity index (χ2n) is 6.40. The van der Waals surface area contributed by atoms with Crippen LogP contribution in [-0.4, -0.2) is 30.6 Å². The molecule has 106 valence electrons. The molecule has 1 saturated heterocycles. The number of benzene rings is 1. The summed E-state index contributed by atoms with van der Waals surface area (Å²) in [5.74, 6) is 2.09. The summed E-state index contributed by atoms with van der Waals surface area (Å²) in [6.45, 7) is 10.2. The van der Waals surface area contributed by atoms with E-state index >= 15 is 0 Å². The zero-order valence-electron chi connectivity index (χ0n) is 12.5. The summed E-state index contributed by atoms with van der Waals surface area (Å²) < 4.78 is 0. The lowest BCUT2D eigenvalue weighted by Gasteiger charge is -2.42. The van der Waals surface area contributed by atoms with E-state index in [-0.39, 0.29) is 0 Å². The fourth-order valence-corrected chi connectivity index (χ4v) is 3.63. The maximum absolute atomic E-state index is 6.09. The Morgan fingerprint density at radius 1 is 1.16 bits per heavy atom. The van der Waals surface area contributed by atoms with Gasteiger partial charge in [-0.05, 0) is 29.7 Å². The smallest absolute Gasteiger partial charge is 0.0284 e. The van der Waals surface area contributed by atoms with Crippen LogP contribution < -0.4 is 5.73 Å². The summed E-state index contributed by atoms with van der Waals surface area (Å²) >= 11 is 0. The lowest BCUT2D eigenvalue weighted by molar-refractivity contribution is 0.0876. The molecule has 4 unspecified atom stereocenters. The van der Waals surface area contributed by atoms with Gasteiger partial charge in [-0.2, -0.15) is 0 Å². The van der Waals surface area contributed by atoms with Gasteiger partial charge in [-0.3, -0.25) is 4.90 Å². The minimum Gasteiger partial charge on any atom is -0.329 e. The standard InChI is InChI=1S/C17H28N2/c1-13-9-14(2)12-19(11-13)17(10-18)15(3)16-7-5-4-6-8-16/h4-8,13-15,17H,9-12,18H2,1-3H3. The normalized spacial score (nSPS) is 28.0. The van der Waals surface area contributed by atoms with Gasteiger partial charge >= 0.3 is 0 Å². The molecule has 1 aliphatic rings. The summed E-state index contributed by atoms with van der Waals surface area (Å²) in [6, 6.07) is 11.3. The van der Waals surface area contributed by atoms with E-state index in [1.165, 1.54) is 25.1 Å². The van der Waals surface area contributed by atoms with E-state index in [4.69, 9.17) is 5.73 Å². The summed E-state index contributed by atoms with van der Waals surface area (Å²) in [7, 11) is 0. The molecule has 0 amide bonds. The molecule has 19 heavy (non-hydrogen) atoms. The Balaban J connectivity index is 2.11. The van der Waals surface area contributed by atoms with E-state index in [0.717, 1.165) is 18.4 Å². The van der Waals surface area contributed by atoms with Crippen LogP contribution in [0.15, 0.2) is 30.3 Å². The Hall–Kier alpha value is -0.860. The van der Waals surface area contributed by atoms with Gasteiger partial charge in [0.1, 0.15) is 0 Å².